The summed E-state index contributed by atoms with van der Waals surface area (Å²) >= 11 is 0. The SMILES string of the molecule is CCOc1ccc(C(=O)NC(C(=O)NCCCOC)C(C)C)cc1. The summed E-state index contributed by atoms with van der Waals surface area (Å²) in [4.78, 5) is 24.6. The molecule has 1 rings (SSSR count). The van der Waals surface area contributed by atoms with Gasteiger partial charge in [-0.15, -0.1) is 0 Å². The number of ether oxygens (including phenoxy) is 2. The van der Waals surface area contributed by atoms with Gasteiger partial charge in [0.1, 0.15) is 11.8 Å². The summed E-state index contributed by atoms with van der Waals surface area (Å²) < 4.78 is 10.3. The molecule has 0 aliphatic carbocycles. The van der Waals surface area contributed by atoms with Crippen LogP contribution in [0.1, 0.15) is 37.6 Å². The zero-order valence-corrected chi connectivity index (χ0v) is 14.9. The van der Waals surface area contributed by atoms with E-state index in [1.165, 1.54) is 0 Å². The van der Waals surface area contributed by atoms with E-state index in [-0.39, 0.29) is 17.7 Å². The Bertz CT molecular complexity index is 514. The van der Waals surface area contributed by atoms with Gasteiger partial charge in [0.05, 0.1) is 6.61 Å². The van der Waals surface area contributed by atoms with Crippen molar-refractivity contribution in [1.82, 2.24) is 10.6 Å². The largest absolute Gasteiger partial charge is 0.494 e. The van der Waals surface area contributed by atoms with Gasteiger partial charge in [0.2, 0.25) is 5.91 Å². The molecule has 24 heavy (non-hydrogen) atoms. The minimum Gasteiger partial charge on any atom is -0.494 e. The third-order valence-electron chi connectivity index (χ3n) is 3.49. The fourth-order valence-corrected chi connectivity index (χ4v) is 2.17. The lowest BCUT2D eigenvalue weighted by atomic mass is 10.0. The molecule has 134 valence electrons. The van der Waals surface area contributed by atoms with E-state index in [4.69, 9.17) is 9.47 Å². The summed E-state index contributed by atoms with van der Waals surface area (Å²) in [7, 11) is 1.62. The number of rotatable bonds is 10. The number of benzene rings is 1. The van der Waals surface area contributed by atoms with E-state index >= 15 is 0 Å². The Labute approximate surface area is 143 Å². The summed E-state index contributed by atoms with van der Waals surface area (Å²) in [6.07, 6.45) is 0.736. The Morgan fingerprint density at radius 2 is 1.83 bits per heavy atom. The molecule has 0 spiro atoms. The molecule has 1 atom stereocenters. The fourth-order valence-electron chi connectivity index (χ4n) is 2.17. The fraction of sp³-hybridized carbons (Fsp3) is 0.556. The van der Waals surface area contributed by atoms with Crippen LogP contribution in [0.5, 0.6) is 5.75 Å². The molecule has 1 unspecified atom stereocenters. The van der Waals surface area contributed by atoms with E-state index in [0.29, 0.717) is 31.1 Å². The zero-order chi connectivity index (χ0) is 17.9. The van der Waals surface area contributed by atoms with Crippen molar-refractivity contribution in [3.63, 3.8) is 0 Å². The number of carbonyl (C=O) groups is 2. The van der Waals surface area contributed by atoms with Crippen LogP contribution in [-0.4, -0.2) is 44.7 Å². The van der Waals surface area contributed by atoms with E-state index in [1.807, 2.05) is 20.8 Å². The summed E-state index contributed by atoms with van der Waals surface area (Å²) in [6, 6.07) is 6.29. The molecule has 2 N–H and O–H groups in total. The van der Waals surface area contributed by atoms with Gasteiger partial charge in [-0.2, -0.15) is 0 Å². The molecule has 2 amide bonds. The molecule has 0 aliphatic heterocycles. The highest BCUT2D eigenvalue weighted by atomic mass is 16.5. The molecule has 0 saturated carbocycles. The molecule has 0 aromatic heterocycles. The molecule has 0 aliphatic rings. The van der Waals surface area contributed by atoms with Gasteiger partial charge in [-0.25, -0.2) is 0 Å². The smallest absolute Gasteiger partial charge is 0.251 e. The summed E-state index contributed by atoms with van der Waals surface area (Å²) in [5.74, 6) is 0.244. The van der Waals surface area contributed by atoms with Crippen molar-refractivity contribution in [3.05, 3.63) is 29.8 Å². The zero-order valence-electron chi connectivity index (χ0n) is 14.9. The van der Waals surface area contributed by atoms with Crippen LogP contribution >= 0.6 is 0 Å². The van der Waals surface area contributed by atoms with E-state index in [2.05, 4.69) is 10.6 Å². The van der Waals surface area contributed by atoms with Gasteiger partial charge in [-0.1, -0.05) is 13.8 Å². The Balaban J connectivity index is 2.63. The lowest BCUT2D eigenvalue weighted by molar-refractivity contribution is -0.123. The lowest BCUT2D eigenvalue weighted by Gasteiger charge is -2.21. The van der Waals surface area contributed by atoms with Crippen molar-refractivity contribution < 1.29 is 19.1 Å². The molecule has 1 aromatic rings. The van der Waals surface area contributed by atoms with Gasteiger partial charge in [0, 0.05) is 25.8 Å². The monoisotopic (exact) mass is 336 g/mol. The molecule has 1 aromatic carbocycles. The summed E-state index contributed by atoms with van der Waals surface area (Å²) in [5.41, 5.74) is 0.497. The second-order valence-electron chi connectivity index (χ2n) is 5.79. The first-order valence-electron chi connectivity index (χ1n) is 8.30. The number of nitrogens with one attached hydrogen (secondary N) is 2. The first-order valence-corrected chi connectivity index (χ1v) is 8.30. The highest BCUT2D eigenvalue weighted by Crippen LogP contribution is 2.13. The first-order chi connectivity index (χ1) is 11.5. The van der Waals surface area contributed by atoms with Crippen molar-refractivity contribution >= 4 is 11.8 Å². The maximum Gasteiger partial charge on any atom is 0.251 e. The van der Waals surface area contributed by atoms with E-state index in [1.54, 1.807) is 31.4 Å². The molecule has 0 radical (unpaired) electrons. The van der Waals surface area contributed by atoms with Gasteiger partial charge in [0.25, 0.3) is 5.91 Å². The Hall–Kier alpha value is -2.08. The summed E-state index contributed by atoms with van der Waals surface area (Å²) in [5, 5.41) is 5.63. The van der Waals surface area contributed by atoms with Crippen LogP contribution in [0.4, 0.5) is 0 Å². The molecule has 0 heterocycles. The second kappa shape index (κ2) is 10.6. The van der Waals surface area contributed by atoms with Gasteiger partial charge >= 0.3 is 0 Å². The van der Waals surface area contributed by atoms with Crippen LogP contribution in [-0.2, 0) is 9.53 Å². The number of hydrogen-bond acceptors (Lipinski definition) is 4. The molecule has 0 saturated heterocycles. The standard InChI is InChI=1S/C18H28N2O4/c1-5-24-15-9-7-14(8-10-15)17(21)20-16(13(2)3)18(22)19-11-6-12-23-4/h7-10,13,16H,5-6,11-12H2,1-4H3,(H,19,22)(H,20,21). The molecule has 6 nitrogen and oxygen atoms in total. The van der Waals surface area contributed by atoms with Gasteiger partial charge in [-0.05, 0) is 43.5 Å². The van der Waals surface area contributed by atoms with Gasteiger partial charge in [0.15, 0.2) is 0 Å². The van der Waals surface area contributed by atoms with Crippen molar-refractivity contribution in [2.75, 3.05) is 26.9 Å². The van der Waals surface area contributed by atoms with E-state index in [0.717, 1.165) is 6.42 Å². The molecule has 0 bridgehead atoms. The van der Waals surface area contributed by atoms with E-state index < -0.39 is 6.04 Å². The molecular weight excluding hydrogens is 308 g/mol. The van der Waals surface area contributed by atoms with Crippen molar-refractivity contribution in [1.29, 1.82) is 0 Å². The van der Waals surface area contributed by atoms with E-state index in [9.17, 15) is 9.59 Å². The first kappa shape index (κ1) is 20.0. The molecule has 6 heteroatoms. The van der Waals surface area contributed by atoms with Crippen molar-refractivity contribution in [2.45, 2.75) is 33.2 Å². The van der Waals surface area contributed by atoms with Crippen LogP contribution in [0.25, 0.3) is 0 Å². The van der Waals surface area contributed by atoms with Crippen molar-refractivity contribution in [2.24, 2.45) is 5.92 Å². The lowest BCUT2D eigenvalue weighted by Crippen LogP contribution is -2.49. The van der Waals surface area contributed by atoms with Crippen LogP contribution < -0.4 is 15.4 Å². The Morgan fingerprint density at radius 1 is 1.17 bits per heavy atom. The number of amides is 2. The predicted octanol–water partition coefficient (Wildman–Crippen LogP) is 1.99. The summed E-state index contributed by atoms with van der Waals surface area (Å²) in [6.45, 7) is 7.39. The Morgan fingerprint density at radius 3 is 2.38 bits per heavy atom. The normalized spacial score (nSPS) is 11.9. The average molecular weight is 336 g/mol. The maximum atomic E-state index is 12.4. The third-order valence-corrected chi connectivity index (χ3v) is 3.49. The predicted molar refractivity (Wildman–Crippen MR) is 93.2 cm³/mol. The van der Waals surface area contributed by atoms with Crippen LogP contribution in [0, 0.1) is 5.92 Å². The quantitative estimate of drug-likeness (QED) is 0.641. The number of hydrogen-bond donors (Lipinski definition) is 2. The minimum absolute atomic E-state index is 0.0147. The Kier molecular flexibility index (Phi) is 8.86. The second-order valence-corrected chi connectivity index (χ2v) is 5.79. The van der Waals surface area contributed by atoms with Crippen LogP contribution in [0.15, 0.2) is 24.3 Å². The molecular formula is C18H28N2O4. The van der Waals surface area contributed by atoms with Crippen LogP contribution in [0.2, 0.25) is 0 Å². The highest BCUT2D eigenvalue weighted by Gasteiger charge is 2.24. The maximum absolute atomic E-state index is 12.4. The van der Waals surface area contributed by atoms with Gasteiger partial charge < -0.3 is 20.1 Å². The topological polar surface area (TPSA) is 76.7 Å². The third kappa shape index (κ3) is 6.58. The number of carbonyl (C=O) groups excluding carboxylic acids is 2. The average Bonchev–Trinajstić information content (AvgIpc) is 2.57. The van der Waals surface area contributed by atoms with Crippen LogP contribution in [0.3, 0.4) is 0 Å². The van der Waals surface area contributed by atoms with Gasteiger partial charge in [-0.3, -0.25) is 9.59 Å². The highest BCUT2D eigenvalue weighted by molar-refractivity contribution is 5.97. The number of methoxy groups -OCH3 is 1. The minimum atomic E-state index is -0.577. The molecule has 0 fully saturated rings. The van der Waals surface area contributed by atoms with Crippen molar-refractivity contribution in [3.8, 4) is 5.75 Å².